The Morgan fingerprint density at radius 2 is 2.05 bits per heavy atom. The average molecular weight is 295 g/mol. The van der Waals surface area contributed by atoms with E-state index in [1.165, 1.54) is 51.9 Å². The molecule has 0 aromatic carbocycles. The fourth-order valence-corrected chi connectivity index (χ4v) is 4.45. The van der Waals surface area contributed by atoms with Gasteiger partial charge in [-0.05, 0) is 52.0 Å². The number of likely N-dealkylation sites (N-methyl/N-ethyl adjacent to an activating group) is 1. The predicted molar refractivity (Wildman–Crippen MR) is 86.5 cm³/mol. The lowest BCUT2D eigenvalue weighted by Gasteiger charge is -2.48. The molecule has 3 atom stereocenters. The predicted octanol–water partition coefficient (Wildman–Crippen LogP) is 1.44. The van der Waals surface area contributed by atoms with Gasteiger partial charge in [0.1, 0.15) is 0 Å². The summed E-state index contributed by atoms with van der Waals surface area (Å²) in [5.41, 5.74) is 0.00914. The highest BCUT2D eigenvalue weighted by Crippen LogP contribution is 2.35. The first kappa shape index (κ1) is 15.7. The molecule has 1 aliphatic heterocycles. The minimum absolute atomic E-state index is 0.00914. The molecule has 1 heterocycles. The quantitative estimate of drug-likeness (QED) is 0.805. The SMILES string of the molecule is CCN1CCN(C2CCCC(CO)(NC3CC3)C2)CC1C. The van der Waals surface area contributed by atoms with E-state index >= 15 is 0 Å². The molecular weight excluding hydrogens is 262 g/mol. The molecule has 0 amide bonds. The fourth-order valence-electron chi connectivity index (χ4n) is 4.45. The number of nitrogens with one attached hydrogen (secondary N) is 1. The van der Waals surface area contributed by atoms with E-state index in [9.17, 15) is 5.11 Å². The van der Waals surface area contributed by atoms with Gasteiger partial charge < -0.3 is 10.4 Å². The van der Waals surface area contributed by atoms with E-state index < -0.39 is 0 Å². The van der Waals surface area contributed by atoms with Crippen molar-refractivity contribution >= 4 is 0 Å². The maximum atomic E-state index is 9.98. The van der Waals surface area contributed by atoms with Gasteiger partial charge in [0.2, 0.25) is 0 Å². The molecule has 0 spiro atoms. The lowest BCUT2D eigenvalue weighted by Crippen LogP contribution is -2.60. The van der Waals surface area contributed by atoms with Crippen molar-refractivity contribution in [1.82, 2.24) is 15.1 Å². The van der Waals surface area contributed by atoms with Crippen LogP contribution in [0.1, 0.15) is 52.4 Å². The molecular formula is C17H33N3O. The molecule has 21 heavy (non-hydrogen) atoms. The highest BCUT2D eigenvalue weighted by atomic mass is 16.3. The Kier molecular flexibility index (Phi) is 4.89. The van der Waals surface area contributed by atoms with Crippen LogP contribution >= 0.6 is 0 Å². The van der Waals surface area contributed by atoms with Crippen LogP contribution < -0.4 is 5.32 Å². The molecule has 3 rings (SSSR count). The molecule has 0 aromatic rings. The number of piperazine rings is 1. The Labute approximate surface area is 129 Å². The van der Waals surface area contributed by atoms with E-state index in [2.05, 4.69) is 29.0 Å². The molecule has 2 aliphatic carbocycles. The number of hydrogen-bond acceptors (Lipinski definition) is 4. The molecule has 2 saturated carbocycles. The van der Waals surface area contributed by atoms with Crippen LogP contribution in [0.5, 0.6) is 0 Å². The number of hydrogen-bond donors (Lipinski definition) is 2. The molecule has 2 N–H and O–H groups in total. The summed E-state index contributed by atoms with van der Waals surface area (Å²) < 4.78 is 0. The average Bonchev–Trinajstić information content (AvgIpc) is 3.31. The largest absolute Gasteiger partial charge is 0.394 e. The van der Waals surface area contributed by atoms with Crippen LogP contribution in [0.25, 0.3) is 0 Å². The standard InChI is InChI=1S/C17H33N3O/c1-3-19-9-10-20(12-14(19)2)16-5-4-8-17(11-16,13-21)18-15-6-7-15/h14-16,18,21H,3-13H2,1-2H3. The second kappa shape index (κ2) is 6.53. The Bertz CT molecular complexity index is 347. The van der Waals surface area contributed by atoms with Gasteiger partial charge in [0.15, 0.2) is 0 Å². The number of rotatable bonds is 5. The molecule has 3 fully saturated rings. The first-order chi connectivity index (χ1) is 10.2. The highest BCUT2D eigenvalue weighted by molar-refractivity contribution is 5.01. The summed E-state index contributed by atoms with van der Waals surface area (Å²) in [4.78, 5) is 5.29. The third kappa shape index (κ3) is 3.61. The molecule has 3 aliphatic rings. The molecule has 0 aromatic heterocycles. The van der Waals surface area contributed by atoms with Crippen molar-refractivity contribution in [2.45, 2.75) is 76.0 Å². The van der Waals surface area contributed by atoms with Crippen molar-refractivity contribution in [3.8, 4) is 0 Å². The molecule has 1 saturated heterocycles. The van der Waals surface area contributed by atoms with Crippen LogP contribution in [0, 0.1) is 0 Å². The molecule has 0 bridgehead atoms. The maximum absolute atomic E-state index is 9.98. The van der Waals surface area contributed by atoms with Gasteiger partial charge in [0, 0.05) is 43.3 Å². The van der Waals surface area contributed by atoms with E-state index in [1.807, 2.05) is 0 Å². The van der Waals surface area contributed by atoms with Crippen molar-refractivity contribution in [2.75, 3.05) is 32.8 Å². The number of aliphatic hydroxyl groups is 1. The van der Waals surface area contributed by atoms with Gasteiger partial charge in [-0.3, -0.25) is 9.80 Å². The van der Waals surface area contributed by atoms with Crippen LogP contribution in [-0.4, -0.2) is 71.4 Å². The van der Waals surface area contributed by atoms with Gasteiger partial charge in [-0.2, -0.15) is 0 Å². The molecule has 0 radical (unpaired) electrons. The first-order valence-corrected chi connectivity index (χ1v) is 9.02. The van der Waals surface area contributed by atoms with Gasteiger partial charge in [-0.25, -0.2) is 0 Å². The smallest absolute Gasteiger partial charge is 0.0613 e. The summed E-state index contributed by atoms with van der Waals surface area (Å²) in [6.45, 7) is 9.71. The third-order valence-corrected chi connectivity index (χ3v) is 5.93. The van der Waals surface area contributed by atoms with Gasteiger partial charge in [0.05, 0.1) is 6.61 Å². The summed E-state index contributed by atoms with van der Waals surface area (Å²) >= 11 is 0. The Morgan fingerprint density at radius 3 is 2.67 bits per heavy atom. The number of nitrogens with zero attached hydrogens (tertiary/aromatic N) is 2. The zero-order valence-corrected chi connectivity index (χ0v) is 13.9. The summed E-state index contributed by atoms with van der Waals surface area (Å²) in [5.74, 6) is 0. The monoisotopic (exact) mass is 295 g/mol. The Morgan fingerprint density at radius 1 is 1.24 bits per heavy atom. The van der Waals surface area contributed by atoms with Crippen LogP contribution in [-0.2, 0) is 0 Å². The van der Waals surface area contributed by atoms with E-state index in [4.69, 9.17) is 0 Å². The van der Waals surface area contributed by atoms with Crippen LogP contribution in [0.4, 0.5) is 0 Å². The van der Waals surface area contributed by atoms with Crippen molar-refractivity contribution in [3.05, 3.63) is 0 Å². The van der Waals surface area contributed by atoms with E-state index in [-0.39, 0.29) is 5.54 Å². The highest BCUT2D eigenvalue weighted by Gasteiger charge is 2.42. The topological polar surface area (TPSA) is 38.7 Å². The maximum Gasteiger partial charge on any atom is 0.0613 e. The Balaban J connectivity index is 1.60. The molecule has 4 nitrogen and oxygen atoms in total. The minimum atomic E-state index is 0.00914. The molecule has 122 valence electrons. The normalized spacial score (nSPS) is 39.6. The van der Waals surface area contributed by atoms with E-state index in [1.54, 1.807) is 0 Å². The van der Waals surface area contributed by atoms with E-state index in [0.717, 1.165) is 12.8 Å². The third-order valence-electron chi connectivity index (χ3n) is 5.93. The van der Waals surface area contributed by atoms with Crippen molar-refractivity contribution in [3.63, 3.8) is 0 Å². The van der Waals surface area contributed by atoms with Crippen LogP contribution in [0.15, 0.2) is 0 Å². The van der Waals surface area contributed by atoms with Crippen LogP contribution in [0.2, 0.25) is 0 Å². The zero-order chi connectivity index (χ0) is 14.9. The summed E-state index contributed by atoms with van der Waals surface area (Å²) in [6, 6.07) is 2.02. The summed E-state index contributed by atoms with van der Waals surface area (Å²) in [6.07, 6.45) is 7.47. The zero-order valence-electron chi connectivity index (χ0n) is 13.9. The van der Waals surface area contributed by atoms with Gasteiger partial charge >= 0.3 is 0 Å². The van der Waals surface area contributed by atoms with Crippen molar-refractivity contribution in [2.24, 2.45) is 0 Å². The lowest BCUT2D eigenvalue weighted by atomic mass is 9.78. The van der Waals surface area contributed by atoms with Gasteiger partial charge in [0.25, 0.3) is 0 Å². The second-order valence-electron chi connectivity index (χ2n) is 7.58. The summed E-state index contributed by atoms with van der Waals surface area (Å²) in [5, 5.41) is 13.7. The fraction of sp³-hybridized carbons (Fsp3) is 1.00. The van der Waals surface area contributed by atoms with Crippen molar-refractivity contribution < 1.29 is 5.11 Å². The first-order valence-electron chi connectivity index (χ1n) is 9.02. The van der Waals surface area contributed by atoms with Gasteiger partial charge in [-0.1, -0.05) is 6.92 Å². The van der Waals surface area contributed by atoms with Gasteiger partial charge in [-0.15, -0.1) is 0 Å². The van der Waals surface area contributed by atoms with Crippen molar-refractivity contribution in [1.29, 1.82) is 0 Å². The van der Waals surface area contributed by atoms with Crippen LogP contribution in [0.3, 0.4) is 0 Å². The lowest BCUT2D eigenvalue weighted by molar-refractivity contribution is 0.0140. The summed E-state index contributed by atoms with van der Waals surface area (Å²) in [7, 11) is 0. The minimum Gasteiger partial charge on any atom is -0.394 e. The number of aliphatic hydroxyl groups excluding tert-OH is 1. The Hall–Kier alpha value is -0.160. The van der Waals surface area contributed by atoms with E-state index in [0.29, 0.717) is 24.7 Å². The molecule has 3 unspecified atom stereocenters. The second-order valence-corrected chi connectivity index (χ2v) is 7.58. The molecule has 4 heteroatoms.